The molecule has 1 aromatic rings. The fourth-order valence-corrected chi connectivity index (χ4v) is 2.75. The van der Waals surface area contributed by atoms with Gasteiger partial charge in [-0.3, -0.25) is 4.79 Å². The summed E-state index contributed by atoms with van der Waals surface area (Å²) in [6.45, 7) is 1.95. The van der Waals surface area contributed by atoms with Crippen molar-refractivity contribution in [2.24, 2.45) is 11.8 Å². The molecule has 0 bridgehead atoms. The molecule has 0 N–H and O–H groups in total. The van der Waals surface area contributed by atoms with Crippen molar-refractivity contribution in [3.05, 3.63) is 34.9 Å². The number of benzene rings is 1. The average Bonchev–Trinajstić information content (AvgIpc) is 2.86. The standard InChI is InChI=1S/C13H14ClNO/c14-12-3-1-2-9(4-12)5-13(16)15-7-10-6-11(10)8-15/h1-4,10-11H,5-8H2. The predicted octanol–water partition coefficient (Wildman–Crippen LogP) is 2.36. The zero-order chi connectivity index (χ0) is 11.1. The number of carbonyl (C=O) groups excluding carboxylic acids is 1. The molecule has 3 rings (SSSR count). The topological polar surface area (TPSA) is 20.3 Å². The van der Waals surface area contributed by atoms with Gasteiger partial charge >= 0.3 is 0 Å². The van der Waals surface area contributed by atoms with Crippen LogP contribution in [0.5, 0.6) is 0 Å². The van der Waals surface area contributed by atoms with Gasteiger partial charge in [-0.15, -0.1) is 0 Å². The maximum absolute atomic E-state index is 12.0. The summed E-state index contributed by atoms with van der Waals surface area (Å²) >= 11 is 5.89. The Kier molecular flexibility index (Phi) is 2.40. The summed E-state index contributed by atoms with van der Waals surface area (Å²) in [4.78, 5) is 14.0. The van der Waals surface area contributed by atoms with Gasteiger partial charge in [-0.05, 0) is 36.0 Å². The van der Waals surface area contributed by atoms with E-state index in [4.69, 9.17) is 11.6 Å². The van der Waals surface area contributed by atoms with Crippen molar-refractivity contribution in [2.75, 3.05) is 13.1 Å². The minimum Gasteiger partial charge on any atom is -0.342 e. The number of hydrogen-bond donors (Lipinski definition) is 0. The molecule has 16 heavy (non-hydrogen) atoms. The van der Waals surface area contributed by atoms with Crippen LogP contribution in [0.1, 0.15) is 12.0 Å². The van der Waals surface area contributed by atoms with Gasteiger partial charge in [0.05, 0.1) is 6.42 Å². The number of piperidine rings is 1. The number of amides is 1. The highest BCUT2D eigenvalue weighted by molar-refractivity contribution is 6.30. The molecular weight excluding hydrogens is 222 g/mol. The number of carbonyl (C=O) groups is 1. The molecule has 2 unspecified atom stereocenters. The molecule has 3 heteroatoms. The molecular formula is C13H14ClNO. The molecule has 1 saturated carbocycles. The predicted molar refractivity (Wildman–Crippen MR) is 63.3 cm³/mol. The first-order valence-electron chi connectivity index (χ1n) is 5.74. The fourth-order valence-electron chi connectivity index (χ4n) is 2.54. The molecule has 2 atom stereocenters. The highest BCUT2D eigenvalue weighted by atomic mass is 35.5. The first kappa shape index (κ1) is 10.2. The van der Waals surface area contributed by atoms with E-state index < -0.39 is 0 Å². The minimum atomic E-state index is 0.245. The van der Waals surface area contributed by atoms with Gasteiger partial charge in [-0.1, -0.05) is 23.7 Å². The molecule has 1 aliphatic carbocycles. The maximum Gasteiger partial charge on any atom is 0.227 e. The van der Waals surface area contributed by atoms with Gasteiger partial charge in [0, 0.05) is 18.1 Å². The van der Waals surface area contributed by atoms with Gasteiger partial charge in [-0.2, -0.15) is 0 Å². The van der Waals surface area contributed by atoms with Crippen LogP contribution in [-0.2, 0) is 11.2 Å². The van der Waals surface area contributed by atoms with Crippen LogP contribution < -0.4 is 0 Å². The molecule has 1 amide bonds. The molecule has 0 spiro atoms. The van der Waals surface area contributed by atoms with E-state index in [2.05, 4.69) is 0 Å². The lowest BCUT2D eigenvalue weighted by Crippen LogP contribution is -2.31. The Hall–Kier alpha value is -1.02. The van der Waals surface area contributed by atoms with Crippen LogP contribution in [0.25, 0.3) is 0 Å². The van der Waals surface area contributed by atoms with Gasteiger partial charge < -0.3 is 4.90 Å². The SMILES string of the molecule is O=C(Cc1cccc(Cl)c1)N1CC2CC2C1. The lowest BCUT2D eigenvalue weighted by Gasteiger charge is -2.17. The second kappa shape index (κ2) is 3.77. The Balaban J connectivity index is 1.64. The first-order chi connectivity index (χ1) is 7.72. The van der Waals surface area contributed by atoms with Crippen molar-refractivity contribution < 1.29 is 4.79 Å². The van der Waals surface area contributed by atoms with Crippen molar-refractivity contribution in [3.8, 4) is 0 Å². The zero-order valence-electron chi connectivity index (χ0n) is 9.03. The normalized spacial score (nSPS) is 26.7. The molecule has 1 aromatic carbocycles. The van der Waals surface area contributed by atoms with Gasteiger partial charge in [0.25, 0.3) is 0 Å². The number of fused-ring (bicyclic) bond motifs is 1. The Labute approximate surface area is 100 Å². The number of rotatable bonds is 2. The first-order valence-corrected chi connectivity index (χ1v) is 6.12. The third kappa shape index (κ3) is 1.94. The Morgan fingerprint density at radius 3 is 2.81 bits per heavy atom. The average molecular weight is 236 g/mol. The van der Waals surface area contributed by atoms with Crippen LogP contribution in [0.3, 0.4) is 0 Å². The third-order valence-corrected chi connectivity index (χ3v) is 3.81. The van der Waals surface area contributed by atoms with Crippen LogP contribution in [0.2, 0.25) is 5.02 Å². The van der Waals surface area contributed by atoms with Crippen LogP contribution in [0.4, 0.5) is 0 Å². The lowest BCUT2D eigenvalue weighted by atomic mass is 10.1. The number of nitrogens with zero attached hydrogens (tertiary/aromatic N) is 1. The van der Waals surface area contributed by atoms with Crippen LogP contribution in [0, 0.1) is 11.8 Å². The van der Waals surface area contributed by atoms with E-state index in [1.807, 2.05) is 29.2 Å². The van der Waals surface area contributed by atoms with E-state index in [0.717, 1.165) is 30.5 Å². The molecule has 2 fully saturated rings. The van der Waals surface area contributed by atoms with Gasteiger partial charge in [0.15, 0.2) is 0 Å². The van der Waals surface area contributed by atoms with Crippen molar-refractivity contribution in [1.82, 2.24) is 4.90 Å². The molecule has 1 aliphatic heterocycles. The van der Waals surface area contributed by atoms with Gasteiger partial charge in [-0.25, -0.2) is 0 Å². The van der Waals surface area contributed by atoms with E-state index >= 15 is 0 Å². The second-order valence-electron chi connectivity index (χ2n) is 4.86. The summed E-state index contributed by atoms with van der Waals surface area (Å²) in [7, 11) is 0. The van der Waals surface area contributed by atoms with E-state index in [9.17, 15) is 4.79 Å². The van der Waals surface area contributed by atoms with Gasteiger partial charge in [0.2, 0.25) is 5.91 Å². The quantitative estimate of drug-likeness (QED) is 0.771. The highest BCUT2D eigenvalue weighted by Gasteiger charge is 2.46. The molecule has 0 aromatic heterocycles. The van der Waals surface area contributed by atoms with Crippen molar-refractivity contribution in [3.63, 3.8) is 0 Å². The number of hydrogen-bond acceptors (Lipinski definition) is 1. The van der Waals surface area contributed by atoms with E-state index in [1.54, 1.807) is 0 Å². The smallest absolute Gasteiger partial charge is 0.227 e. The molecule has 84 valence electrons. The molecule has 2 nitrogen and oxygen atoms in total. The third-order valence-electron chi connectivity index (χ3n) is 3.58. The van der Waals surface area contributed by atoms with Crippen molar-refractivity contribution in [2.45, 2.75) is 12.8 Å². The van der Waals surface area contributed by atoms with E-state index in [0.29, 0.717) is 11.4 Å². The lowest BCUT2D eigenvalue weighted by molar-refractivity contribution is -0.129. The van der Waals surface area contributed by atoms with Crippen molar-refractivity contribution >= 4 is 17.5 Å². The Bertz CT molecular complexity index is 422. The summed E-state index contributed by atoms with van der Waals surface area (Å²) in [5, 5.41) is 0.703. The molecule has 1 heterocycles. The zero-order valence-corrected chi connectivity index (χ0v) is 9.78. The number of halogens is 1. The molecule has 0 radical (unpaired) electrons. The molecule has 2 aliphatic rings. The summed E-state index contributed by atoms with van der Waals surface area (Å²) in [6, 6.07) is 7.56. The largest absolute Gasteiger partial charge is 0.342 e. The van der Waals surface area contributed by atoms with E-state index in [-0.39, 0.29) is 5.91 Å². The highest BCUT2D eigenvalue weighted by Crippen LogP contribution is 2.44. The van der Waals surface area contributed by atoms with Crippen LogP contribution >= 0.6 is 11.6 Å². The summed E-state index contributed by atoms with van der Waals surface area (Å²) in [6.07, 6.45) is 1.82. The second-order valence-corrected chi connectivity index (χ2v) is 5.30. The van der Waals surface area contributed by atoms with Crippen LogP contribution in [0.15, 0.2) is 24.3 Å². The number of likely N-dealkylation sites (tertiary alicyclic amines) is 1. The Morgan fingerprint density at radius 1 is 1.38 bits per heavy atom. The van der Waals surface area contributed by atoms with Gasteiger partial charge in [0.1, 0.15) is 0 Å². The monoisotopic (exact) mass is 235 g/mol. The van der Waals surface area contributed by atoms with Crippen molar-refractivity contribution in [1.29, 1.82) is 0 Å². The minimum absolute atomic E-state index is 0.245. The Morgan fingerprint density at radius 2 is 2.12 bits per heavy atom. The fraction of sp³-hybridized carbons (Fsp3) is 0.462. The summed E-state index contributed by atoms with van der Waals surface area (Å²) in [5.74, 6) is 1.86. The van der Waals surface area contributed by atoms with Crippen LogP contribution in [-0.4, -0.2) is 23.9 Å². The summed E-state index contributed by atoms with van der Waals surface area (Å²) in [5.41, 5.74) is 1.01. The molecule has 1 saturated heterocycles. The summed E-state index contributed by atoms with van der Waals surface area (Å²) < 4.78 is 0. The maximum atomic E-state index is 12.0. The van der Waals surface area contributed by atoms with E-state index in [1.165, 1.54) is 6.42 Å².